The van der Waals surface area contributed by atoms with E-state index in [1.54, 1.807) is 13.8 Å². The lowest BCUT2D eigenvalue weighted by atomic mass is 10.1. The van der Waals surface area contributed by atoms with Crippen molar-refractivity contribution in [3.05, 3.63) is 0 Å². The molecular formula is C13H22N2O5. The van der Waals surface area contributed by atoms with Crippen LogP contribution in [0.15, 0.2) is 0 Å². The number of carbonyl (C=O) groups excluding carboxylic acids is 2. The van der Waals surface area contributed by atoms with Crippen LogP contribution in [0.25, 0.3) is 0 Å². The van der Waals surface area contributed by atoms with Crippen LogP contribution >= 0.6 is 0 Å². The number of aliphatic carboxylic acids is 1. The Morgan fingerprint density at radius 3 is 2.75 bits per heavy atom. The van der Waals surface area contributed by atoms with Crippen LogP contribution in [0.3, 0.4) is 0 Å². The molecule has 20 heavy (non-hydrogen) atoms. The highest BCUT2D eigenvalue weighted by molar-refractivity contribution is 5.84. The number of urea groups is 1. The van der Waals surface area contributed by atoms with Crippen LogP contribution in [0.1, 0.15) is 33.1 Å². The van der Waals surface area contributed by atoms with Crippen molar-refractivity contribution in [1.29, 1.82) is 0 Å². The average Bonchev–Trinajstić information content (AvgIpc) is 2.87. The van der Waals surface area contributed by atoms with Crippen LogP contribution in [0.4, 0.5) is 4.79 Å². The maximum atomic E-state index is 12.0. The molecule has 1 rings (SSSR count). The zero-order valence-corrected chi connectivity index (χ0v) is 11.9. The highest BCUT2D eigenvalue weighted by Gasteiger charge is 2.34. The van der Waals surface area contributed by atoms with Crippen LogP contribution in [-0.4, -0.2) is 53.7 Å². The fraction of sp³-hybridized carbons (Fsp3) is 0.769. The number of amides is 2. The number of carboxylic acid groups (broad SMARTS) is 1. The summed E-state index contributed by atoms with van der Waals surface area (Å²) in [5, 5.41) is 11.4. The number of esters is 1. The molecule has 114 valence electrons. The Kier molecular flexibility index (Phi) is 6.27. The zero-order valence-electron chi connectivity index (χ0n) is 11.9. The first kappa shape index (κ1) is 16.3. The monoisotopic (exact) mass is 286 g/mol. The molecule has 0 spiro atoms. The molecule has 2 atom stereocenters. The zero-order chi connectivity index (χ0) is 15.1. The Labute approximate surface area is 118 Å². The summed E-state index contributed by atoms with van der Waals surface area (Å²) in [6, 6.07) is -0.856. The van der Waals surface area contributed by atoms with Gasteiger partial charge in [-0.2, -0.15) is 0 Å². The van der Waals surface area contributed by atoms with Crippen LogP contribution < -0.4 is 5.32 Å². The molecular weight excluding hydrogens is 264 g/mol. The van der Waals surface area contributed by atoms with E-state index in [9.17, 15) is 14.4 Å². The largest absolute Gasteiger partial charge is 0.481 e. The minimum atomic E-state index is -0.884. The first-order valence-corrected chi connectivity index (χ1v) is 6.91. The Morgan fingerprint density at radius 2 is 2.15 bits per heavy atom. The second-order valence-electron chi connectivity index (χ2n) is 4.86. The second kappa shape index (κ2) is 7.72. The van der Waals surface area contributed by atoms with Gasteiger partial charge in [-0.05, 0) is 26.2 Å². The fourth-order valence-electron chi connectivity index (χ4n) is 2.11. The number of rotatable bonds is 6. The number of hydrogen-bond acceptors (Lipinski definition) is 4. The lowest BCUT2D eigenvalue weighted by molar-refractivity contribution is -0.147. The lowest BCUT2D eigenvalue weighted by Crippen LogP contribution is -2.47. The van der Waals surface area contributed by atoms with Crippen molar-refractivity contribution >= 4 is 18.0 Å². The topological polar surface area (TPSA) is 95.9 Å². The number of ether oxygens (including phenoxy) is 1. The molecule has 0 aromatic rings. The van der Waals surface area contributed by atoms with E-state index >= 15 is 0 Å². The third-order valence-corrected chi connectivity index (χ3v) is 3.35. The van der Waals surface area contributed by atoms with Gasteiger partial charge in [0.2, 0.25) is 0 Å². The number of nitrogens with zero attached hydrogens (tertiary/aromatic N) is 1. The molecule has 1 aliphatic heterocycles. The van der Waals surface area contributed by atoms with Gasteiger partial charge in [0.15, 0.2) is 0 Å². The maximum absolute atomic E-state index is 12.0. The third-order valence-electron chi connectivity index (χ3n) is 3.35. The molecule has 2 N–H and O–H groups in total. The molecule has 0 aliphatic carbocycles. The van der Waals surface area contributed by atoms with E-state index in [4.69, 9.17) is 9.84 Å². The molecule has 1 fully saturated rings. The van der Waals surface area contributed by atoms with E-state index in [-0.39, 0.29) is 18.5 Å². The van der Waals surface area contributed by atoms with Crippen LogP contribution in [0.2, 0.25) is 0 Å². The van der Waals surface area contributed by atoms with Gasteiger partial charge >= 0.3 is 18.0 Å². The van der Waals surface area contributed by atoms with Crippen molar-refractivity contribution in [2.24, 2.45) is 5.92 Å². The van der Waals surface area contributed by atoms with Gasteiger partial charge in [0, 0.05) is 13.1 Å². The number of nitrogens with one attached hydrogen (secondary N) is 1. The highest BCUT2D eigenvalue weighted by atomic mass is 16.5. The Bertz CT molecular complexity index is 372. The quantitative estimate of drug-likeness (QED) is 0.705. The van der Waals surface area contributed by atoms with Crippen molar-refractivity contribution < 1.29 is 24.2 Å². The molecule has 1 aliphatic rings. The van der Waals surface area contributed by atoms with Crippen molar-refractivity contribution in [2.75, 3.05) is 19.7 Å². The lowest BCUT2D eigenvalue weighted by Gasteiger charge is -2.23. The molecule has 0 bridgehead atoms. The van der Waals surface area contributed by atoms with Crippen molar-refractivity contribution in [3.8, 4) is 0 Å². The summed E-state index contributed by atoms with van der Waals surface area (Å²) >= 11 is 0. The SMILES string of the molecule is CCOC(=O)C1CCCN1C(=O)NCCC(C)C(=O)O. The normalized spacial score (nSPS) is 19.5. The first-order valence-electron chi connectivity index (χ1n) is 6.91. The van der Waals surface area contributed by atoms with Crippen molar-refractivity contribution in [1.82, 2.24) is 10.2 Å². The van der Waals surface area contributed by atoms with Crippen molar-refractivity contribution in [3.63, 3.8) is 0 Å². The summed E-state index contributed by atoms with van der Waals surface area (Å²) in [4.78, 5) is 35.8. The van der Waals surface area contributed by atoms with Gasteiger partial charge in [0.25, 0.3) is 0 Å². The summed E-state index contributed by atoms with van der Waals surface area (Å²) in [5.41, 5.74) is 0. The van der Waals surface area contributed by atoms with E-state index in [0.717, 1.165) is 6.42 Å². The second-order valence-corrected chi connectivity index (χ2v) is 4.86. The van der Waals surface area contributed by atoms with E-state index in [1.165, 1.54) is 4.90 Å². The number of likely N-dealkylation sites (tertiary alicyclic amines) is 1. The maximum Gasteiger partial charge on any atom is 0.328 e. The smallest absolute Gasteiger partial charge is 0.328 e. The molecule has 0 saturated carbocycles. The average molecular weight is 286 g/mol. The third kappa shape index (κ3) is 4.40. The molecule has 1 saturated heterocycles. The van der Waals surface area contributed by atoms with Crippen molar-refractivity contribution in [2.45, 2.75) is 39.2 Å². The minimum Gasteiger partial charge on any atom is -0.481 e. The van der Waals surface area contributed by atoms with Gasteiger partial charge < -0.3 is 20.1 Å². The standard InChI is InChI=1S/C13H22N2O5/c1-3-20-12(18)10-5-4-8-15(10)13(19)14-7-6-9(2)11(16)17/h9-10H,3-8H2,1-2H3,(H,14,19)(H,16,17). The molecule has 0 aromatic carbocycles. The summed E-state index contributed by atoms with van der Waals surface area (Å²) in [5.74, 6) is -1.77. The van der Waals surface area contributed by atoms with E-state index in [1.807, 2.05) is 0 Å². The summed E-state index contributed by atoms with van der Waals surface area (Å²) < 4.78 is 4.94. The summed E-state index contributed by atoms with van der Waals surface area (Å²) in [6.45, 7) is 4.40. The minimum absolute atomic E-state index is 0.276. The molecule has 0 aromatic heterocycles. The van der Waals surface area contributed by atoms with Gasteiger partial charge in [0.1, 0.15) is 6.04 Å². The molecule has 0 radical (unpaired) electrons. The highest BCUT2D eigenvalue weighted by Crippen LogP contribution is 2.18. The van der Waals surface area contributed by atoms with E-state index in [2.05, 4.69) is 5.32 Å². The van der Waals surface area contributed by atoms with Gasteiger partial charge in [-0.25, -0.2) is 9.59 Å². The summed E-state index contributed by atoms with van der Waals surface area (Å²) in [6.07, 6.45) is 1.74. The van der Waals surface area contributed by atoms with Gasteiger partial charge in [0.05, 0.1) is 12.5 Å². The Balaban J connectivity index is 2.42. The van der Waals surface area contributed by atoms with Gasteiger partial charge in [-0.15, -0.1) is 0 Å². The molecule has 2 unspecified atom stereocenters. The van der Waals surface area contributed by atoms with Gasteiger partial charge in [-0.1, -0.05) is 6.92 Å². The molecule has 7 heteroatoms. The summed E-state index contributed by atoms with van der Waals surface area (Å²) in [7, 11) is 0. The van der Waals surface area contributed by atoms with Crippen LogP contribution in [0.5, 0.6) is 0 Å². The predicted molar refractivity (Wildman–Crippen MR) is 71.2 cm³/mol. The predicted octanol–water partition coefficient (Wildman–Crippen LogP) is 0.834. The first-order chi connectivity index (χ1) is 9.47. The fourth-order valence-corrected chi connectivity index (χ4v) is 2.11. The van der Waals surface area contributed by atoms with Crippen LogP contribution in [-0.2, 0) is 14.3 Å². The number of carboxylic acids is 1. The number of carbonyl (C=O) groups is 3. The van der Waals surface area contributed by atoms with E-state index in [0.29, 0.717) is 26.0 Å². The molecule has 1 heterocycles. The molecule has 7 nitrogen and oxygen atoms in total. The Morgan fingerprint density at radius 1 is 1.45 bits per heavy atom. The molecule has 2 amide bonds. The Hall–Kier alpha value is -1.79. The van der Waals surface area contributed by atoms with E-state index < -0.39 is 17.9 Å². The number of hydrogen-bond donors (Lipinski definition) is 2. The van der Waals surface area contributed by atoms with Crippen LogP contribution in [0, 0.1) is 5.92 Å². The van der Waals surface area contributed by atoms with Gasteiger partial charge in [-0.3, -0.25) is 4.79 Å².